The van der Waals surface area contributed by atoms with Gasteiger partial charge in [0.15, 0.2) is 9.84 Å². The highest BCUT2D eigenvalue weighted by Gasteiger charge is 2.46. The maximum Gasteiger partial charge on any atom is 0.178 e. The van der Waals surface area contributed by atoms with Crippen LogP contribution in [-0.2, 0) is 9.84 Å². The fraction of sp³-hybridized carbons (Fsp3) is 0.625. The second kappa shape index (κ2) is 4.80. The van der Waals surface area contributed by atoms with E-state index in [1.54, 1.807) is 6.07 Å². The first kappa shape index (κ1) is 13.7. The van der Waals surface area contributed by atoms with Gasteiger partial charge < -0.3 is 5.32 Å². The minimum atomic E-state index is -3.08. The van der Waals surface area contributed by atoms with Crippen molar-refractivity contribution < 1.29 is 8.42 Å². The second-order valence-electron chi connectivity index (χ2n) is 6.68. The molecule has 2 fully saturated rings. The van der Waals surface area contributed by atoms with Gasteiger partial charge in [0.1, 0.15) is 0 Å². The Kier molecular flexibility index (Phi) is 3.14. The van der Waals surface area contributed by atoms with Crippen LogP contribution in [0.5, 0.6) is 0 Å². The molecule has 1 aromatic rings. The zero-order valence-corrected chi connectivity index (χ0v) is 13.1. The molecule has 3 aliphatic rings. The summed E-state index contributed by atoms with van der Waals surface area (Å²) in [5, 5.41) is 3.49. The Morgan fingerprint density at radius 3 is 2.86 bits per heavy atom. The molecule has 4 atom stereocenters. The summed E-state index contributed by atoms with van der Waals surface area (Å²) in [6.45, 7) is 5.62. The molecule has 4 rings (SSSR count). The number of rotatable bonds is 1. The molecule has 0 saturated carbocycles. The first-order valence-electron chi connectivity index (χ1n) is 7.86. The van der Waals surface area contributed by atoms with Crippen LogP contribution in [0.2, 0.25) is 0 Å². The van der Waals surface area contributed by atoms with Gasteiger partial charge in [-0.05, 0) is 49.9 Å². The van der Waals surface area contributed by atoms with E-state index in [0.29, 0.717) is 10.9 Å². The van der Waals surface area contributed by atoms with E-state index >= 15 is 0 Å². The van der Waals surface area contributed by atoms with E-state index in [2.05, 4.69) is 17.1 Å². The Hall–Kier alpha value is -0.910. The molecular formula is C16H22N2O2S. The van der Waals surface area contributed by atoms with Crippen LogP contribution in [0.1, 0.15) is 24.9 Å². The number of fused-ring (bicyclic) bond motifs is 2. The minimum Gasteiger partial charge on any atom is -0.316 e. The third kappa shape index (κ3) is 2.05. The van der Waals surface area contributed by atoms with Gasteiger partial charge >= 0.3 is 0 Å². The van der Waals surface area contributed by atoms with Crippen LogP contribution in [0.15, 0.2) is 29.2 Å². The molecule has 114 valence electrons. The van der Waals surface area contributed by atoms with Gasteiger partial charge in [0.05, 0.1) is 10.6 Å². The maximum absolute atomic E-state index is 12.3. The number of nitrogens with zero attached hydrogens (tertiary/aromatic N) is 1. The van der Waals surface area contributed by atoms with Gasteiger partial charge in [-0.3, -0.25) is 4.90 Å². The topological polar surface area (TPSA) is 49.4 Å². The van der Waals surface area contributed by atoms with Crippen LogP contribution in [-0.4, -0.2) is 44.7 Å². The van der Waals surface area contributed by atoms with Crippen molar-refractivity contribution >= 4 is 9.84 Å². The fourth-order valence-electron chi connectivity index (χ4n) is 4.53. The highest BCUT2D eigenvalue weighted by Crippen LogP contribution is 2.43. The van der Waals surface area contributed by atoms with Gasteiger partial charge in [0.2, 0.25) is 0 Å². The van der Waals surface area contributed by atoms with E-state index < -0.39 is 9.84 Å². The number of hydrogen-bond donors (Lipinski definition) is 1. The zero-order valence-electron chi connectivity index (χ0n) is 12.3. The monoisotopic (exact) mass is 306 g/mol. The standard InChI is InChI=1S/C16H22N2O2S/c1-11-14-9-17-8-12(14)10-18(11)15-6-7-21(19,20)16-5-3-2-4-13(15)16/h2-5,11-12,14-15,17H,6-10H2,1H3. The molecule has 1 aromatic carbocycles. The van der Waals surface area contributed by atoms with E-state index in [4.69, 9.17) is 0 Å². The van der Waals surface area contributed by atoms with Crippen LogP contribution in [0, 0.1) is 11.8 Å². The van der Waals surface area contributed by atoms with Crippen LogP contribution < -0.4 is 5.32 Å². The first-order valence-corrected chi connectivity index (χ1v) is 9.51. The quantitative estimate of drug-likeness (QED) is 0.853. The summed E-state index contributed by atoms with van der Waals surface area (Å²) in [6.07, 6.45) is 0.733. The number of sulfone groups is 1. The van der Waals surface area contributed by atoms with Gasteiger partial charge in [0, 0.05) is 18.6 Å². The molecule has 21 heavy (non-hydrogen) atoms. The molecule has 2 saturated heterocycles. The van der Waals surface area contributed by atoms with Crippen molar-refractivity contribution in [2.45, 2.75) is 30.3 Å². The van der Waals surface area contributed by atoms with Gasteiger partial charge in [-0.25, -0.2) is 8.42 Å². The highest BCUT2D eigenvalue weighted by molar-refractivity contribution is 7.91. The van der Waals surface area contributed by atoms with Crippen LogP contribution >= 0.6 is 0 Å². The van der Waals surface area contributed by atoms with Crippen molar-refractivity contribution in [1.29, 1.82) is 0 Å². The lowest BCUT2D eigenvalue weighted by molar-refractivity contribution is 0.162. The summed E-state index contributed by atoms with van der Waals surface area (Å²) in [5.41, 5.74) is 1.02. The van der Waals surface area contributed by atoms with E-state index in [1.807, 2.05) is 18.2 Å². The molecular weight excluding hydrogens is 284 g/mol. The van der Waals surface area contributed by atoms with E-state index in [-0.39, 0.29) is 11.8 Å². The molecule has 3 aliphatic heterocycles. The lowest BCUT2D eigenvalue weighted by Crippen LogP contribution is -2.39. The fourth-order valence-corrected chi connectivity index (χ4v) is 6.13. The predicted octanol–water partition coefficient (Wildman–Crippen LogP) is 1.44. The summed E-state index contributed by atoms with van der Waals surface area (Å²) < 4.78 is 24.6. The van der Waals surface area contributed by atoms with Crippen molar-refractivity contribution in [3.63, 3.8) is 0 Å². The van der Waals surface area contributed by atoms with E-state index in [0.717, 1.165) is 43.5 Å². The van der Waals surface area contributed by atoms with Crippen molar-refractivity contribution in [3.8, 4) is 0 Å². The van der Waals surface area contributed by atoms with Crippen LogP contribution in [0.3, 0.4) is 0 Å². The van der Waals surface area contributed by atoms with Gasteiger partial charge in [0.25, 0.3) is 0 Å². The number of nitrogens with one attached hydrogen (secondary N) is 1. The summed E-state index contributed by atoms with van der Waals surface area (Å²) >= 11 is 0. The lowest BCUT2D eigenvalue weighted by Gasteiger charge is -2.36. The summed E-state index contributed by atoms with van der Waals surface area (Å²) in [4.78, 5) is 3.12. The summed E-state index contributed by atoms with van der Waals surface area (Å²) in [6, 6.07) is 8.39. The molecule has 3 heterocycles. The van der Waals surface area contributed by atoms with Gasteiger partial charge in [-0.2, -0.15) is 0 Å². The molecule has 0 radical (unpaired) electrons. The molecule has 0 amide bonds. The minimum absolute atomic E-state index is 0.269. The largest absolute Gasteiger partial charge is 0.316 e. The average Bonchev–Trinajstić information content (AvgIpc) is 3.03. The number of hydrogen-bond acceptors (Lipinski definition) is 4. The van der Waals surface area contributed by atoms with Crippen molar-refractivity contribution in [1.82, 2.24) is 10.2 Å². The molecule has 4 unspecified atom stereocenters. The molecule has 0 aromatic heterocycles. The maximum atomic E-state index is 12.3. The molecule has 0 spiro atoms. The van der Waals surface area contributed by atoms with Gasteiger partial charge in [-0.15, -0.1) is 0 Å². The Bertz CT molecular complexity index is 658. The summed E-state index contributed by atoms with van der Waals surface area (Å²) in [5.74, 6) is 1.73. The van der Waals surface area contributed by atoms with Crippen molar-refractivity contribution in [2.24, 2.45) is 11.8 Å². The SMILES string of the molecule is CC1C2CNCC2CN1C1CCS(=O)(=O)c2ccccc21. The van der Waals surface area contributed by atoms with Crippen molar-refractivity contribution in [2.75, 3.05) is 25.4 Å². The predicted molar refractivity (Wildman–Crippen MR) is 81.9 cm³/mol. The first-order chi connectivity index (χ1) is 10.1. The van der Waals surface area contributed by atoms with E-state index in [9.17, 15) is 8.42 Å². The highest BCUT2D eigenvalue weighted by atomic mass is 32.2. The third-order valence-electron chi connectivity index (χ3n) is 5.65. The third-order valence-corrected chi connectivity index (χ3v) is 7.47. The number of benzene rings is 1. The second-order valence-corrected chi connectivity index (χ2v) is 8.76. The zero-order chi connectivity index (χ0) is 14.6. The Morgan fingerprint density at radius 2 is 2.05 bits per heavy atom. The Balaban J connectivity index is 1.71. The Morgan fingerprint density at radius 1 is 1.24 bits per heavy atom. The molecule has 0 aliphatic carbocycles. The molecule has 4 nitrogen and oxygen atoms in total. The summed E-state index contributed by atoms with van der Waals surface area (Å²) in [7, 11) is -3.08. The molecule has 1 N–H and O–H groups in total. The average molecular weight is 306 g/mol. The van der Waals surface area contributed by atoms with Crippen LogP contribution in [0.25, 0.3) is 0 Å². The van der Waals surface area contributed by atoms with Gasteiger partial charge in [-0.1, -0.05) is 18.2 Å². The lowest BCUT2D eigenvalue weighted by atomic mass is 9.95. The smallest absolute Gasteiger partial charge is 0.178 e. The Labute approximate surface area is 126 Å². The molecule has 5 heteroatoms. The van der Waals surface area contributed by atoms with Crippen LogP contribution in [0.4, 0.5) is 0 Å². The van der Waals surface area contributed by atoms with E-state index in [1.165, 1.54) is 0 Å². The normalized spacial score (nSPS) is 38.1. The van der Waals surface area contributed by atoms with Crippen molar-refractivity contribution in [3.05, 3.63) is 29.8 Å². The number of likely N-dealkylation sites (tertiary alicyclic amines) is 1. The molecule has 0 bridgehead atoms.